The molecule has 1 atom stereocenters. The van der Waals surface area contributed by atoms with Crippen molar-refractivity contribution in [3.63, 3.8) is 0 Å². The summed E-state index contributed by atoms with van der Waals surface area (Å²) in [5.41, 5.74) is 1.54. The molecule has 1 aromatic rings. The van der Waals surface area contributed by atoms with Gasteiger partial charge >= 0.3 is 0 Å². The molecular weight excluding hydrogens is 236 g/mol. The molecule has 1 aromatic carbocycles. The van der Waals surface area contributed by atoms with Crippen LogP contribution >= 0.6 is 0 Å². The van der Waals surface area contributed by atoms with E-state index in [0.29, 0.717) is 5.56 Å². The number of amides is 1. The molecule has 0 saturated carbocycles. The van der Waals surface area contributed by atoms with E-state index >= 15 is 0 Å². The average molecular weight is 258 g/mol. The van der Waals surface area contributed by atoms with E-state index in [1.54, 1.807) is 0 Å². The second-order valence-electron chi connectivity index (χ2n) is 6.12. The van der Waals surface area contributed by atoms with Gasteiger partial charge in [-0.3, -0.25) is 4.79 Å². The van der Waals surface area contributed by atoms with E-state index in [4.69, 9.17) is 5.26 Å². The number of benzene rings is 1. The topological polar surface area (TPSA) is 52.9 Å². The molecule has 1 rings (SSSR count). The molecule has 1 amide bonds. The smallest absolute Gasteiger partial charge is 0.252 e. The highest BCUT2D eigenvalue weighted by Gasteiger charge is 2.23. The summed E-state index contributed by atoms with van der Waals surface area (Å²) < 4.78 is 0. The van der Waals surface area contributed by atoms with Crippen molar-refractivity contribution in [1.29, 1.82) is 5.26 Å². The van der Waals surface area contributed by atoms with Crippen molar-refractivity contribution in [3.05, 3.63) is 35.4 Å². The van der Waals surface area contributed by atoms with Crippen LogP contribution in [-0.4, -0.2) is 11.9 Å². The van der Waals surface area contributed by atoms with Crippen molar-refractivity contribution in [1.82, 2.24) is 5.32 Å². The van der Waals surface area contributed by atoms with Crippen LogP contribution in [0.5, 0.6) is 0 Å². The number of rotatable bonds is 3. The maximum Gasteiger partial charge on any atom is 0.252 e. The van der Waals surface area contributed by atoms with Gasteiger partial charge in [0, 0.05) is 5.56 Å². The molecule has 0 aliphatic carbocycles. The summed E-state index contributed by atoms with van der Waals surface area (Å²) in [5.74, 6) is -0.0819. The molecule has 0 spiro atoms. The van der Waals surface area contributed by atoms with Crippen molar-refractivity contribution in [2.45, 2.75) is 46.1 Å². The summed E-state index contributed by atoms with van der Waals surface area (Å²) in [5, 5.41) is 11.9. The third-order valence-corrected chi connectivity index (χ3v) is 3.07. The Labute approximate surface area is 115 Å². The Hall–Kier alpha value is -1.82. The van der Waals surface area contributed by atoms with Crippen LogP contribution in [0.2, 0.25) is 0 Å². The Bertz CT molecular complexity index is 492. The Balaban J connectivity index is 3.05. The summed E-state index contributed by atoms with van der Waals surface area (Å²) in [6.07, 6.45) is 0. The average Bonchev–Trinajstić information content (AvgIpc) is 2.34. The van der Waals surface area contributed by atoms with Gasteiger partial charge in [0.05, 0.1) is 6.07 Å². The minimum Gasteiger partial charge on any atom is -0.336 e. The maximum absolute atomic E-state index is 12.3. The van der Waals surface area contributed by atoms with Gasteiger partial charge in [-0.1, -0.05) is 52.8 Å². The lowest BCUT2D eigenvalue weighted by atomic mass is 9.83. The predicted molar refractivity (Wildman–Crippen MR) is 76.8 cm³/mol. The number of nitrogens with one attached hydrogen (secondary N) is 1. The second kappa shape index (κ2) is 5.88. The first-order valence-electron chi connectivity index (χ1n) is 6.57. The summed E-state index contributed by atoms with van der Waals surface area (Å²) >= 11 is 0. The Morgan fingerprint density at radius 3 is 2.32 bits per heavy atom. The van der Waals surface area contributed by atoms with Crippen LogP contribution in [0.25, 0.3) is 0 Å². The third-order valence-electron chi connectivity index (χ3n) is 3.07. The van der Waals surface area contributed by atoms with Crippen LogP contribution < -0.4 is 5.32 Å². The van der Waals surface area contributed by atoms with Crippen LogP contribution in [0.4, 0.5) is 0 Å². The highest BCUT2D eigenvalue weighted by atomic mass is 16.1. The second-order valence-corrected chi connectivity index (χ2v) is 6.12. The molecule has 0 bridgehead atoms. The van der Waals surface area contributed by atoms with Crippen LogP contribution in [0.1, 0.15) is 50.5 Å². The Kier molecular flexibility index (Phi) is 4.72. The number of hydrogen-bond acceptors (Lipinski definition) is 2. The van der Waals surface area contributed by atoms with Crippen LogP contribution in [0.3, 0.4) is 0 Å². The first-order chi connectivity index (χ1) is 8.77. The highest BCUT2D eigenvalue weighted by Crippen LogP contribution is 2.25. The molecule has 0 aromatic heterocycles. The lowest BCUT2D eigenvalue weighted by molar-refractivity contribution is 0.0935. The molecular formula is C16H22N2O. The third kappa shape index (κ3) is 3.82. The number of nitrogens with zero attached hydrogens (tertiary/aromatic N) is 1. The molecule has 0 heterocycles. The zero-order chi connectivity index (χ0) is 14.6. The van der Waals surface area contributed by atoms with E-state index in [2.05, 4.69) is 32.2 Å². The fourth-order valence-electron chi connectivity index (χ4n) is 1.90. The number of nitriles is 1. The van der Waals surface area contributed by atoms with Crippen LogP contribution in [0, 0.1) is 17.2 Å². The molecule has 0 fully saturated rings. The van der Waals surface area contributed by atoms with Gasteiger partial charge in [-0.05, 0) is 23.0 Å². The molecule has 1 N–H and O–H groups in total. The zero-order valence-electron chi connectivity index (χ0n) is 12.3. The Morgan fingerprint density at radius 1 is 1.26 bits per heavy atom. The van der Waals surface area contributed by atoms with E-state index in [1.165, 1.54) is 0 Å². The maximum atomic E-state index is 12.3. The lowest BCUT2D eigenvalue weighted by Gasteiger charge is -2.23. The fourth-order valence-corrected chi connectivity index (χ4v) is 1.90. The molecule has 0 radical (unpaired) electrons. The molecule has 102 valence electrons. The Morgan fingerprint density at radius 2 is 1.84 bits per heavy atom. The van der Waals surface area contributed by atoms with Gasteiger partial charge in [0.15, 0.2) is 0 Å². The molecule has 3 nitrogen and oxygen atoms in total. The molecule has 0 aliphatic rings. The van der Waals surface area contributed by atoms with Crippen molar-refractivity contribution in [2.75, 3.05) is 0 Å². The monoisotopic (exact) mass is 258 g/mol. The van der Waals surface area contributed by atoms with Gasteiger partial charge in [0.25, 0.3) is 5.91 Å². The minimum absolute atomic E-state index is 0.0933. The van der Waals surface area contributed by atoms with Gasteiger partial charge in [-0.25, -0.2) is 0 Å². The molecule has 1 unspecified atom stereocenters. The molecule has 3 heteroatoms. The first-order valence-corrected chi connectivity index (χ1v) is 6.57. The number of carbonyl (C=O) groups is 1. The van der Waals surface area contributed by atoms with Gasteiger partial charge in [-0.15, -0.1) is 0 Å². The minimum atomic E-state index is -0.458. The summed E-state index contributed by atoms with van der Waals surface area (Å²) in [4.78, 5) is 12.3. The highest BCUT2D eigenvalue weighted by molar-refractivity contribution is 5.96. The number of carbonyl (C=O) groups excluding carboxylic acids is 1. The summed E-state index contributed by atoms with van der Waals surface area (Å²) in [6, 6.07) is 9.22. The lowest BCUT2D eigenvalue weighted by Crippen LogP contribution is -2.38. The van der Waals surface area contributed by atoms with Gasteiger partial charge in [0.1, 0.15) is 6.04 Å². The fraction of sp³-hybridized carbons (Fsp3) is 0.500. The number of hydrogen-bond donors (Lipinski definition) is 1. The zero-order valence-corrected chi connectivity index (χ0v) is 12.3. The molecule has 0 aliphatic heterocycles. The largest absolute Gasteiger partial charge is 0.336 e. The quantitative estimate of drug-likeness (QED) is 0.904. The SMILES string of the molecule is CC(C)C(C#N)NC(=O)c1ccccc1C(C)(C)C. The van der Waals surface area contributed by atoms with Crippen LogP contribution in [0.15, 0.2) is 24.3 Å². The van der Waals surface area contributed by atoms with E-state index in [-0.39, 0.29) is 17.2 Å². The van der Waals surface area contributed by atoms with E-state index in [0.717, 1.165) is 5.56 Å². The molecule has 19 heavy (non-hydrogen) atoms. The summed E-state index contributed by atoms with van der Waals surface area (Å²) in [6.45, 7) is 10.1. The van der Waals surface area contributed by atoms with Gasteiger partial charge in [0.2, 0.25) is 0 Å². The van der Waals surface area contributed by atoms with E-state index in [1.807, 2.05) is 38.1 Å². The van der Waals surface area contributed by atoms with Crippen molar-refractivity contribution >= 4 is 5.91 Å². The molecule has 0 saturated heterocycles. The summed E-state index contributed by atoms with van der Waals surface area (Å²) in [7, 11) is 0. The van der Waals surface area contributed by atoms with Gasteiger partial charge < -0.3 is 5.32 Å². The standard InChI is InChI=1S/C16H22N2O/c1-11(2)14(10-17)18-15(19)12-8-6-7-9-13(12)16(3,4)5/h6-9,11,14H,1-5H3,(H,18,19). The first kappa shape index (κ1) is 15.2. The van der Waals surface area contributed by atoms with Crippen LogP contribution in [-0.2, 0) is 5.41 Å². The van der Waals surface area contributed by atoms with Crippen molar-refractivity contribution in [3.8, 4) is 6.07 Å². The normalized spacial score (nSPS) is 12.9. The van der Waals surface area contributed by atoms with E-state index in [9.17, 15) is 4.79 Å². The van der Waals surface area contributed by atoms with E-state index < -0.39 is 6.04 Å². The predicted octanol–water partition coefficient (Wildman–Crippen LogP) is 3.26. The van der Waals surface area contributed by atoms with Crippen molar-refractivity contribution in [2.24, 2.45) is 5.92 Å². The van der Waals surface area contributed by atoms with Crippen molar-refractivity contribution < 1.29 is 4.79 Å². The van der Waals surface area contributed by atoms with Gasteiger partial charge in [-0.2, -0.15) is 5.26 Å².